The van der Waals surface area contributed by atoms with Gasteiger partial charge in [-0.1, -0.05) is 41.5 Å². The Bertz CT molecular complexity index is 627. The number of aromatic nitrogens is 1. The fourth-order valence-corrected chi connectivity index (χ4v) is 2.61. The second kappa shape index (κ2) is 5.86. The molecule has 0 radical (unpaired) electrons. The third-order valence-electron chi connectivity index (χ3n) is 3.82. The Labute approximate surface area is 142 Å². The summed E-state index contributed by atoms with van der Waals surface area (Å²) in [6.07, 6.45) is -3.89. The lowest BCUT2D eigenvalue weighted by Gasteiger charge is -2.35. The SMILES string of the molecule is CC(C)(C)c1[nH]c(C(C)(C)C)c2c1OC(N)C(C(N)OC(N)=O)O2. The van der Waals surface area contributed by atoms with Crippen LogP contribution in [-0.4, -0.2) is 29.6 Å². The highest BCUT2D eigenvalue weighted by Gasteiger charge is 2.42. The third-order valence-corrected chi connectivity index (χ3v) is 3.82. The van der Waals surface area contributed by atoms with Gasteiger partial charge in [0.15, 0.2) is 30.1 Å². The van der Waals surface area contributed by atoms with Crippen molar-refractivity contribution in [2.45, 2.75) is 70.9 Å². The van der Waals surface area contributed by atoms with Gasteiger partial charge in [0.2, 0.25) is 0 Å². The number of carbonyl (C=O) groups is 1. The zero-order chi connectivity index (χ0) is 18.4. The van der Waals surface area contributed by atoms with Gasteiger partial charge in [-0.15, -0.1) is 0 Å². The van der Waals surface area contributed by atoms with Crippen molar-refractivity contribution in [3.8, 4) is 11.5 Å². The molecule has 0 saturated heterocycles. The molecule has 1 aromatic rings. The number of ether oxygens (including phenoxy) is 3. The van der Waals surface area contributed by atoms with E-state index in [1.54, 1.807) is 0 Å². The van der Waals surface area contributed by atoms with E-state index in [4.69, 9.17) is 31.4 Å². The van der Waals surface area contributed by atoms with Gasteiger partial charge < -0.3 is 24.9 Å². The maximum atomic E-state index is 10.9. The predicted octanol–water partition coefficient (Wildman–Crippen LogP) is 1.41. The summed E-state index contributed by atoms with van der Waals surface area (Å²) in [5.41, 5.74) is 18.2. The number of carbonyl (C=O) groups excluding carboxylic acids is 1. The molecule has 1 aromatic heterocycles. The summed E-state index contributed by atoms with van der Waals surface area (Å²) in [4.78, 5) is 14.4. The van der Waals surface area contributed by atoms with Crippen LogP contribution in [0.3, 0.4) is 0 Å². The van der Waals surface area contributed by atoms with Crippen molar-refractivity contribution < 1.29 is 19.0 Å². The van der Waals surface area contributed by atoms with E-state index < -0.39 is 24.7 Å². The molecule has 2 heterocycles. The highest BCUT2D eigenvalue weighted by Crippen LogP contribution is 2.48. The zero-order valence-electron chi connectivity index (χ0n) is 15.1. The average molecular weight is 340 g/mol. The first-order chi connectivity index (χ1) is 10.8. The number of hydrogen-bond acceptors (Lipinski definition) is 6. The predicted molar refractivity (Wildman–Crippen MR) is 89.9 cm³/mol. The summed E-state index contributed by atoms with van der Waals surface area (Å²) in [5, 5.41) is 0. The highest BCUT2D eigenvalue weighted by atomic mass is 16.6. The van der Waals surface area contributed by atoms with Gasteiger partial charge in [0.1, 0.15) is 0 Å². The first-order valence-corrected chi connectivity index (χ1v) is 7.90. The van der Waals surface area contributed by atoms with Gasteiger partial charge >= 0.3 is 6.09 Å². The molecule has 3 unspecified atom stereocenters. The zero-order valence-corrected chi connectivity index (χ0v) is 15.1. The Morgan fingerprint density at radius 1 is 1.08 bits per heavy atom. The van der Waals surface area contributed by atoms with Gasteiger partial charge in [-0.05, 0) is 0 Å². The van der Waals surface area contributed by atoms with Crippen molar-refractivity contribution in [3.05, 3.63) is 11.4 Å². The second-order valence-corrected chi connectivity index (χ2v) is 8.10. The Morgan fingerprint density at radius 2 is 1.54 bits per heavy atom. The summed E-state index contributed by atoms with van der Waals surface area (Å²) >= 11 is 0. The minimum absolute atomic E-state index is 0.199. The topological polar surface area (TPSA) is 139 Å². The summed E-state index contributed by atoms with van der Waals surface area (Å²) in [5.74, 6) is 1.12. The van der Waals surface area contributed by atoms with E-state index in [-0.39, 0.29) is 10.8 Å². The molecule has 1 aliphatic heterocycles. The smallest absolute Gasteiger partial charge is 0.406 e. The Kier molecular flexibility index (Phi) is 4.49. The number of primary amides is 1. The van der Waals surface area contributed by atoms with Gasteiger partial charge in [0.05, 0.1) is 11.4 Å². The van der Waals surface area contributed by atoms with E-state index in [9.17, 15) is 4.79 Å². The number of nitrogens with one attached hydrogen (secondary N) is 1. The molecule has 1 amide bonds. The lowest BCUT2D eigenvalue weighted by Crippen LogP contribution is -2.57. The number of nitrogens with two attached hydrogens (primary N) is 3. The largest absolute Gasteiger partial charge is 0.474 e. The number of rotatable bonds is 2. The molecular weight excluding hydrogens is 312 g/mol. The Balaban J connectivity index is 2.49. The number of amides is 1. The molecular formula is C16H28N4O4. The van der Waals surface area contributed by atoms with Crippen LogP contribution in [0.1, 0.15) is 52.9 Å². The molecule has 24 heavy (non-hydrogen) atoms. The summed E-state index contributed by atoms with van der Waals surface area (Å²) < 4.78 is 16.7. The van der Waals surface area contributed by atoms with Crippen LogP contribution in [0.25, 0.3) is 0 Å². The average Bonchev–Trinajstić information content (AvgIpc) is 2.74. The monoisotopic (exact) mass is 340 g/mol. The van der Waals surface area contributed by atoms with Gasteiger partial charge in [-0.25, -0.2) is 4.79 Å². The summed E-state index contributed by atoms with van der Waals surface area (Å²) in [6.45, 7) is 12.4. The van der Waals surface area contributed by atoms with E-state index in [0.29, 0.717) is 11.5 Å². The molecule has 1 aliphatic rings. The fourth-order valence-electron chi connectivity index (χ4n) is 2.61. The van der Waals surface area contributed by atoms with Gasteiger partial charge in [-0.3, -0.25) is 11.5 Å². The molecule has 8 heteroatoms. The van der Waals surface area contributed by atoms with Crippen LogP contribution < -0.4 is 26.7 Å². The van der Waals surface area contributed by atoms with Crippen LogP contribution in [-0.2, 0) is 15.6 Å². The van der Waals surface area contributed by atoms with E-state index in [1.165, 1.54) is 0 Å². The minimum atomic E-state index is -1.13. The molecule has 0 fully saturated rings. The normalized spacial score (nSPS) is 22.2. The molecule has 0 aromatic carbocycles. The summed E-state index contributed by atoms with van der Waals surface area (Å²) in [6, 6.07) is 0. The fraction of sp³-hybridized carbons (Fsp3) is 0.688. The Morgan fingerprint density at radius 3 is 1.96 bits per heavy atom. The third kappa shape index (κ3) is 3.44. The molecule has 2 rings (SSSR count). The maximum Gasteiger partial charge on any atom is 0.406 e. The molecule has 0 spiro atoms. The molecule has 3 atom stereocenters. The van der Waals surface area contributed by atoms with Crippen molar-refractivity contribution >= 4 is 6.09 Å². The quantitative estimate of drug-likeness (QED) is 0.600. The Hall–Kier alpha value is -1.93. The van der Waals surface area contributed by atoms with E-state index in [1.807, 2.05) is 0 Å². The standard InChI is InChI=1S/C16H28N4O4/c1-15(2,3)10-7-8(11(20-10)16(4,5)6)23-12(17)9(22-7)13(18)24-14(19)21/h9,12-13,20H,17-18H2,1-6H3,(H2,19,21). The molecule has 136 valence electrons. The van der Waals surface area contributed by atoms with Crippen LogP contribution in [0.5, 0.6) is 11.5 Å². The number of fused-ring (bicyclic) bond motifs is 1. The van der Waals surface area contributed by atoms with Crippen molar-refractivity contribution in [2.75, 3.05) is 0 Å². The van der Waals surface area contributed by atoms with E-state index in [0.717, 1.165) is 11.4 Å². The lowest BCUT2D eigenvalue weighted by molar-refractivity contribution is -0.0534. The van der Waals surface area contributed by atoms with Crippen molar-refractivity contribution in [1.29, 1.82) is 0 Å². The number of hydrogen-bond donors (Lipinski definition) is 4. The van der Waals surface area contributed by atoms with Crippen LogP contribution >= 0.6 is 0 Å². The van der Waals surface area contributed by atoms with Crippen LogP contribution in [0.4, 0.5) is 4.79 Å². The van der Waals surface area contributed by atoms with Crippen molar-refractivity contribution in [2.24, 2.45) is 17.2 Å². The van der Waals surface area contributed by atoms with Crippen molar-refractivity contribution in [3.63, 3.8) is 0 Å². The second-order valence-electron chi connectivity index (χ2n) is 8.10. The molecule has 8 nitrogen and oxygen atoms in total. The van der Waals surface area contributed by atoms with Crippen LogP contribution in [0.15, 0.2) is 0 Å². The van der Waals surface area contributed by atoms with E-state index in [2.05, 4.69) is 46.5 Å². The maximum absolute atomic E-state index is 10.9. The number of aromatic amines is 1. The highest BCUT2D eigenvalue weighted by molar-refractivity contribution is 5.64. The van der Waals surface area contributed by atoms with Gasteiger partial charge in [0.25, 0.3) is 0 Å². The first-order valence-electron chi connectivity index (χ1n) is 7.90. The summed E-state index contributed by atoms with van der Waals surface area (Å²) in [7, 11) is 0. The van der Waals surface area contributed by atoms with Crippen LogP contribution in [0, 0.1) is 0 Å². The minimum Gasteiger partial charge on any atom is -0.474 e. The molecule has 0 bridgehead atoms. The molecule has 0 saturated carbocycles. The molecule has 0 aliphatic carbocycles. The van der Waals surface area contributed by atoms with Crippen LogP contribution in [0.2, 0.25) is 0 Å². The first kappa shape index (κ1) is 18.4. The number of H-pyrrole nitrogens is 1. The molecule has 7 N–H and O–H groups in total. The van der Waals surface area contributed by atoms with Crippen molar-refractivity contribution in [1.82, 2.24) is 4.98 Å². The van der Waals surface area contributed by atoms with E-state index >= 15 is 0 Å². The van der Waals surface area contributed by atoms with Gasteiger partial charge in [-0.2, -0.15) is 0 Å². The van der Waals surface area contributed by atoms with Gasteiger partial charge in [0, 0.05) is 10.8 Å². The lowest BCUT2D eigenvalue weighted by atomic mass is 9.91.